The lowest BCUT2D eigenvalue weighted by atomic mass is 10.3. The number of carbonyl (C=O) groups excluding carboxylic acids is 1. The van der Waals surface area contributed by atoms with Gasteiger partial charge >= 0.3 is 5.97 Å². The van der Waals surface area contributed by atoms with Gasteiger partial charge in [0.05, 0.1) is 5.57 Å². The minimum absolute atomic E-state index is 0.0744. The summed E-state index contributed by atoms with van der Waals surface area (Å²) in [6.45, 7) is 0.222. The molecule has 0 amide bonds. The molecule has 5 heteroatoms. The third-order valence-electron chi connectivity index (χ3n) is 1.39. The molecule has 0 aromatic carbocycles. The van der Waals surface area contributed by atoms with Crippen molar-refractivity contribution in [2.45, 2.75) is 0 Å². The third-order valence-corrected chi connectivity index (χ3v) is 2.24. The van der Waals surface area contributed by atoms with Gasteiger partial charge in [-0.25, -0.2) is 4.79 Å². The zero-order valence-corrected chi connectivity index (χ0v) is 6.81. The molecule has 0 fully saturated rings. The van der Waals surface area contributed by atoms with Crippen molar-refractivity contribution < 1.29 is 9.53 Å². The summed E-state index contributed by atoms with van der Waals surface area (Å²) in [5.41, 5.74) is 0.410. The lowest BCUT2D eigenvalue weighted by molar-refractivity contribution is -0.135. The molecule has 11 heavy (non-hydrogen) atoms. The van der Waals surface area contributed by atoms with Gasteiger partial charge in [-0.1, -0.05) is 5.18 Å². The Morgan fingerprint density at radius 3 is 3.00 bits per heavy atom. The fourth-order valence-corrected chi connectivity index (χ4v) is 1.39. The summed E-state index contributed by atoms with van der Waals surface area (Å²) in [6.07, 6.45) is 1.84. The summed E-state index contributed by atoms with van der Waals surface area (Å²) in [4.78, 5) is 21.5. The van der Waals surface area contributed by atoms with Gasteiger partial charge in [-0.3, -0.25) is 0 Å². The minimum Gasteiger partial charge on any atom is -0.457 e. The van der Waals surface area contributed by atoms with Crippen LogP contribution in [0.2, 0.25) is 0 Å². The molecule has 0 bridgehead atoms. The van der Waals surface area contributed by atoms with E-state index in [0.29, 0.717) is 12.2 Å². The van der Waals surface area contributed by atoms with Crippen LogP contribution in [0.5, 0.6) is 0 Å². The molecule has 1 aliphatic heterocycles. The van der Waals surface area contributed by atoms with E-state index < -0.39 is 5.97 Å². The average Bonchev–Trinajstić information content (AvgIpc) is 2.34. The maximum absolute atomic E-state index is 10.8. The smallest absolute Gasteiger partial charge is 0.337 e. The zero-order chi connectivity index (χ0) is 8.27. The van der Waals surface area contributed by atoms with Gasteiger partial charge in [-0.15, -0.1) is 11.8 Å². The van der Waals surface area contributed by atoms with E-state index >= 15 is 0 Å². The number of carbonyl (C=O) groups is 1. The predicted octanol–water partition coefficient (Wildman–Crippen LogP) is 0.927. The molecular formula is C6H7NO3S. The fourth-order valence-electron chi connectivity index (χ4n) is 0.819. The van der Waals surface area contributed by atoms with Gasteiger partial charge in [0.15, 0.2) is 0 Å². The largest absolute Gasteiger partial charge is 0.457 e. The van der Waals surface area contributed by atoms with Crippen LogP contribution in [0.1, 0.15) is 0 Å². The van der Waals surface area contributed by atoms with Gasteiger partial charge in [0.25, 0.3) is 0 Å². The fraction of sp³-hybridized carbons (Fsp3) is 0.500. The maximum Gasteiger partial charge on any atom is 0.337 e. The van der Waals surface area contributed by atoms with Gasteiger partial charge in [-0.2, -0.15) is 4.91 Å². The number of nitrogens with zero attached hydrogens (tertiary/aromatic N) is 1. The third kappa shape index (κ3) is 1.59. The van der Waals surface area contributed by atoms with Crippen molar-refractivity contribution in [3.05, 3.63) is 15.4 Å². The van der Waals surface area contributed by atoms with Crippen LogP contribution in [-0.2, 0) is 9.53 Å². The molecule has 0 atom stereocenters. The maximum atomic E-state index is 10.8. The first-order valence-electron chi connectivity index (χ1n) is 3.02. The molecule has 0 aliphatic carbocycles. The Labute approximate surface area is 68.0 Å². The first-order valence-corrected chi connectivity index (χ1v) is 4.24. The van der Waals surface area contributed by atoms with E-state index in [1.54, 1.807) is 0 Å². The number of esters is 1. The van der Waals surface area contributed by atoms with Gasteiger partial charge in [0.2, 0.25) is 0 Å². The first-order chi connectivity index (χ1) is 5.29. The molecule has 1 rings (SSSR count). The average molecular weight is 173 g/mol. The Bertz CT molecular complexity index is 224. The number of nitroso groups, excluding NO2 is 1. The molecule has 0 radical (unpaired) electrons. The second-order valence-electron chi connectivity index (χ2n) is 1.97. The molecule has 0 saturated heterocycles. The van der Waals surface area contributed by atoms with Crippen molar-refractivity contribution in [2.75, 3.05) is 19.4 Å². The van der Waals surface area contributed by atoms with Crippen molar-refractivity contribution in [3.8, 4) is 0 Å². The van der Waals surface area contributed by atoms with E-state index in [-0.39, 0.29) is 6.54 Å². The van der Waals surface area contributed by atoms with Crippen molar-refractivity contribution in [3.63, 3.8) is 0 Å². The highest BCUT2D eigenvalue weighted by molar-refractivity contribution is 8.02. The Morgan fingerprint density at radius 2 is 2.45 bits per heavy atom. The summed E-state index contributed by atoms with van der Waals surface area (Å²) < 4.78 is 4.69. The highest BCUT2D eigenvalue weighted by atomic mass is 32.2. The normalized spacial score (nSPS) is 17.0. The molecule has 0 saturated carbocycles. The lowest BCUT2D eigenvalue weighted by Gasteiger charge is -1.91. The van der Waals surface area contributed by atoms with Crippen LogP contribution in [-0.4, -0.2) is 25.4 Å². The van der Waals surface area contributed by atoms with Gasteiger partial charge < -0.3 is 4.74 Å². The minimum atomic E-state index is -0.408. The van der Waals surface area contributed by atoms with E-state index in [1.165, 1.54) is 11.8 Å². The lowest BCUT2D eigenvalue weighted by Crippen LogP contribution is -2.01. The van der Waals surface area contributed by atoms with Gasteiger partial charge in [-0.05, 0) is 6.26 Å². The first kappa shape index (κ1) is 8.26. The molecule has 0 spiro atoms. The van der Waals surface area contributed by atoms with Crippen LogP contribution >= 0.6 is 11.8 Å². The summed E-state index contributed by atoms with van der Waals surface area (Å²) in [7, 11) is 0. The number of rotatable bonds is 3. The molecule has 0 unspecified atom stereocenters. The van der Waals surface area contributed by atoms with E-state index in [0.717, 1.165) is 4.91 Å². The quantitative estimate of drug-likeness (QED) is 0.470. The number of hydrogen-bond acceptors (Lipinski definition) is 5. The van der Waals surface area contributed by atoms with Crippen molar-refractivity contribution in [1.29, 1.82) is 0 Å². The van der Waals surface area contributed by atoms with E-state index in [9.17, 15) is 9.70 Å². The number of cyclic esters (lactones) is 1. The Morgan fingerprint density at radius 1 is 1.73 bits per heavy atom. The highest BCUT2D eigenvalue weighted by Crippen LogP contribution is 2.24. The molecule has 0 N–H and O–H groups in total. The van der Waals surface area contributed by atoms with Gasteiger partial charge in [0.1, 0.15) is 13.2 Å². The summed E-state index contributed by atoms with van der Waals surface area (Å²) in [5, 5.41) is 2.64. The number of thioether (sulfide) groups is 1. The SMILES string of the molecule is CSC1=C(CN=O)C(=O)OC1. The topological polar surface area (TPSA) is 55.7 Å². The van der Waals surface area contributed by atoms with Crippen LogP contribution in [0.3, 0.4) is 0 Å². The second kappa shape index (κ2) is 3.52. The number of ether oxygens (including phenoxy) is 1. The molecule has 1 aliphatic rings. The molecular weight excluding hydrogens is 166 g/mol. The Balaban J connectivity index is 2.80. The second-order valence-corrected chi connectivity index (χ2v) is 2.87. The van der Waals surface area contributed by atoms with Crippen LogP contribution < -0.4 is 0 Å². The Hall–Kier alpha value is -0.840. The van der Waals surface area contributed by atoms with Crippen LogP contribution in [0.15, 0.2) is 15.7 Å². The molecule has 0 aromatic rings. The molecule has 4 nitrogen and oxygen atoms in total. The molecule has 1 heterocycles. The number of hydrogen-bond donors (Lipinski definition) is 0. The summed E-state index contributed by atoms with van der Waals surface area (Å²) in [6, 6.07) is 0. The van der Waals surface area contributed by atoms with Crippen LogP contribution in [0, 0.1) is 4.91 Å². The van der Waals surface area contributed by atoms with Crippen LogP contribution in [0.25, 0.3) is 0 Å². The summed E-state index contributed by atoms with van der Waals surface area (Å²) in [5.74, 6) is -0.408. The van der Waals surface area contributed by atoms with Crippen molar-refractivity contribution >= 4 is 17.7 Å². The molecule has 0 aromatic heterocycles. The zero-order valence-electron chi connectivity index (χ0n) is 5.99. The van der Waals surface area contributed by atoms with E-state index in [4.69, 9.17) is 0 Å². The summed E-state index contributed by atoms with van der Waals surface area (Å²) >= 11 is 1.42. The predicted molar refractivity (Wildman–Crippen MR) is 42.2 cm³/mol. The Kier molecular flexibility index (Phi) is 2.64. The monoisotopic (exact) mass is 173 g/mol. The van der Waals surface area contributed by atoms with Gasteiger partial charge in [0, 0.05) is 4.91 Å². The van der Waals surface area contributed by atoms with E-state index in [1.807, 2.05) is 6.26 Å². The van der Waals surface area contributed by atoms with E-state index in [2.05, 4.69) is 9.91 Å². The standard InChI is InChI=1S/C6H7NO3S/c1-11-5-3-10-6(8)4(5)2-7-9/h2-3H2,1H3. The van der Waals surface area contributed by atoms with Crippen LogP contribution in [0.4, 0.5) is 0 Å². The highest BCUT2D eigenvalue weighted by Gasteiger charge is 2.23. The van der Waals surface area contributed by atoms with Crippen molar-refractivity contribution in [1.82, 2.24) is 0 Å². The molecule has 60 valence electrons. The van der Waals surface area contributed by atoms with Crippen molar-refractivity contribution in [2.24, 2.45) is 5.18 Å².